The number of para-hydroxylation sites is 1. The molecule has 5 rings (SSSR count). The quantitative estimate of drug-likeness (QED) is 0.505. The zero-order chi connectivity index (χ0) is 22.2. The van der Waals surface area contributed by atoms with Gasteiger partial charge in [0.15, 0.2) is 11.5 Å². The minimum Gasteiger partial charge on any atom is -0.493 e. The lowest BCUT2D eigenvalue weighted by Crippen LogP contribution is -2.33. The van der Waals surface area contributed by atoms with E-state index in [1.807, 2.05) is 59.6 Å². The predicted molar refractivity (Wildman–Crippen MR) is 123 cm³/mol. The van der Waals surface area contributed by atoms with Crippen LogP contribution >= 0.6 is 11.6 Å². The Balaban J connectivity index is 1.61. The summed E-state index contributed by atoms with van der Waals surface area (Å²) in [6.07, 6.45) is 0.316. The number of fused-ring (bicyclic) bond motifs is 3. The number of ether oxygens (including phenoxy) is 4. The van der Waals surface area contributed by atoms with Crippen LogP contribution in [0.5, 0.6) is 23.0 Å². The van der Waals surface area contributed by atoms with Crippen molar-refractivity contribution in [1.29, 1.82) is 0 Å². The van der Waals surface area contributed by atoms with Gasteiger partial charge in [-0.05, 0) is 35.9 Å². The van der Waals surface area contributed by atoms with E-state index in [-0.39, 0.29) is 6.04 Å². The van der Waals surface area contributed by atoms with E-state index in [2.05, 4.69) is 6.07 Å². The Labute approximate surface area is 191 Å². The van der Waals surface area contributed by atoms with Crippen molar-refractivity contribution in [3.8, 4) is 23.0 Å². The predicted octanol–water partition coefficient (Wildman–Crippen LogP) is 5.61. The van der Waals surface area contributed by atoms with E-state index in [9.17, 15) is 0 Å². The second-order valence-electron chi connectivity index (χ2n) is 7.62. The van der Waals surface area contributed by atoms with Crippen LogP contribution in [0.1, 0.15) is 35.4 Å². The fourth-order valence-corrected chi connectivity index (χ4v) is 4.44. The second kappa shape index (κ2) is 8.28. The van der Waals surface area contributed by atoms with Crippen molar-refractivity contribution in [3.05, 3.63) is 82.4 Å². The Hall–Kier alpha value is -3.38. The summed E-state index contributed by atoms with van der Waals surface area (Å²) >= 11 is 6.09. The Morgan fingerprint density at radius 1 is 0.938 bits per heavy atom. The summed E-state index contributed by atoms with van der Waals surface area (Å²) in [6, 6.07) is 19.7. The van der Waals surface area contributed by atoms with Crippen LogP contribution in [-0.2, 0) is 0 Å². The molecule has 0 saturated carbocycles. The number of rotatable bonds is 5. The molecule has 0 spiro atoms. The minimum absolute atomic E-state index is 0.0507. The van der Waals surface area contributed by atoms with Crippen LogP contribution in [0.2, 0.25) is 5.02 Å². The molecule has 0 amide bonds. The van der Waals surface area contributed by atoms with Crippen molar-refractivity contribution in [2.24, 2.45) is 5.10 Å². The number of methoxy groups -OCH3 is 3. The molecule has 0 aliphatic carbocycles. The van der Waals surface area contributed by atoms with Crippen molar-refractivity contribution in [2.75, 3.05) is 21.3 Å². The van der Waals surface area contributed by atoms with Gasteiger partial charge < -0.3 is 18.9 Å². The average Bonchev–Trinajstić information content (AvgIpc) is 3.28. The summed E-state index contributed by atoms with van der Waals surface area (Å²) < 4.78 is 23.1. The van der Waals surface area contributed by atoms with Gasteiger partial charge in [0, 0.05) is 22.6 Å². The van der Waals surface area contributed by atoms with E-state index >= 15 is 0 Å². The SMILES string of the molecule is COc1cc(C2Oc3ccccc3C3CC(c4ccc(Cl)cc4)=NN32)cc(OC)c1OC. The summed E-state index contributed by atoms with van der Waals surface area (Å²) in [7, 11) is 4.80. The molecule has 3 aromatic carbocycles. The van der Waals surface area contributed by atoms with Crippen LogP contribution in [-0.4, -0.2) is 32.0 Å². The molecule has 2 heterocycles. The van der Waals surface area contributed by atoms with Gasteiger partial charge >= 0.3 is 0 Å². The van der Waals surface area contributed by atoms with Gasteiger partial charge in [0.05, 0.1) is 33.1 Å². The third-order valence-electron chi connectivity index (χ3n) is 5.85. The van der Waals surface area contributed by atoms with Crippen LogP contribution in [0.3, 0.4) is 0 Å². The molecule has 2 aliphatic rings. The fraction of sp³-hybridized carbons (Fsp3) is 0.240. The smallest absolute Gasteiger partial charge is 0.214 e. The first-order valence-corrected chi connectivity index (χ1v) is 10.7. The van der Waals surface area contributed by atoms with E-state index < -0.39 is 6.23 Å². The van der Waals surface area contributed by atoms with E-state index in [0.29, 0.717) is 22.3 Å². The van der Waals surface area contributed by atoms with Gasteiger partial charge in [-0.1, -0.05) is 41.9 Å². The lowest BCUT2D eigenvalue weighted by atomic mass is 9.96. The molecule has 7 heteroatoms. The van der Waals surface area contributed by atoms with Crippen LogP contribution in [0.25, 0.3) is 0 Å². The van der Waals surface area contributed by atoms with Crippen molar-refractivity contribution in [3.63, 3.8) is 0 Å². The molecule has 0 N–H and O–H groups in total. The summed E-state index contributed by atoms with van der Waals surface area (Å²) in [5.74, 6) is 2.53. The first-order valence-electron chi connectivity index (χ1n) is 10.3. The van der Waals surface area contributed by atoms with Crippen molar-refractivity contribution in [2.45, 2.75) is 18.7 Å². The molecule has 0 aromatic heterocycles. The number of hydrogen-bond acceptors (Lipinski definition) is 6. The highest BCUT2D eigenvalue weighted by Crippen LogP contribution is 2.49. The Kier molecular flexibility index (Phi) is 5.31. The summed E-state index contributed by atoms with van der Waals surface area (Å²) in [4.78, 5) is 0. The van der Waals surface area contributed by atoms with Crippen LogP contribution in [0.15, 0.2) is 65.8 Å². The molecule has 2 unspecified atom stereocenters. The summed E-state index contributed by atoms with van der Waals surface area (Å²) in [6.45, 7) is 0. The Morgan fingerprint density at radius 2 is 1.62 bits per heavy atom. The van der Waals surface area contributed by atoms with Gasteiger partial charge in [-0.25, -0.2) is 5.01 Å². The van der Waals surface area contributed by atoms with E-state index in [1.54, 1.807) is 21.3 Å². The number of hydrogen-bond donors (Lipinski definition) is 0. The van der Waals surface area contributed by atoms with Crippen molar-refractivity contribution >= 4 is 17.3 Å². The van der Waals surface area contributed by atoms with Crippen LogP contribution in [0, 0.1) is 0 Å². The fourth-order valence-electron chi connectivity index (χ4n) is 4.31. The highest BCUT2D eigenvalue weighted by molar-refractivity contribution is 6.30. The average molecular weight is 451 g/mol. The minimum atomic E-state index is -0.451. The topological polar surface area (TPSA) is 52.5 Å². The summed E-state index contributed by atoms with van der Waals surface area (Å²) in [5, 5.41) is 7.71. The molecule has 0 fully saturated rings. The monoisotopic (exact) mass is 450 g/mol. The lowest BCUT2D eigenvalue weighted by Gasteiger charge is -2.38. The van der Waals surface area contributed by atoms with E-state index in [1.165, 1.54) is 0 Å². The first-order chi connectivity index (χ1) is 15.6. The van der Waals surface area contributed by atoms with Crippen LogP contribution < -0.4 is 18.9 Å². The van der Waals surface area contributed by atoms with Gasteiger partial charge in [0.25, 0.3) is 0 Å². The second-order valence-corrected chi connectivity index (χ2v) is 8.06. The largest absolute Gasteiger partial charge is 0.493 e. The number of benzene rings is 3. The van der Waals surface area contributed by atoms with Crippen LogP contribution in [0.4, 0.5) is 0 Å². The van der Waals surface area contributed by atoms with Gasteiger partial charge in [0.2, 0.25) is 12.0 Å². The number of hydrazone groups is 1. The molecule has 2 atom stereocenters. The van der Waals surface area contributed by atoms with Gasteiger partial charge in [-0.3, -0.25) is 0 Å². The number of halogens is 1. The molecule has 6 nitrogen and oxygen atoms in total. The lowest BCUT2D eigenvalue weighted by molar-refractivity contribution is -0.0192. The zero-order valence-electron chi connectivity index (χ0n) is 18.0. The zero-order valence-corrected chi connectivity index (χ0v) is 18.8. The van der Waals surface area contributed by atoms with Gasteiger partial charge in [-0.15, -0.1) is 0 Å². The van der Waals surface area contributed by atoms with E-state index in [4.69, 9.17) is 35.6 Å². The molecular weight excluding hydrogens is 428 g/mol. The molecule has 0 bridgehead atoms. The molecular formula is C25H23ClN2O4. The molecule has 2 aliphatic heterocycles. The third-order valence-corrected chi connectivity index (χ3v) is 6.10. The van der Waals surface area contributed by atoms with Crippen molar-refractivity contribution in [1.82, 2.24) is 5.01 Å². The molecule has 0 radical (unpaired) electrons. The van der Waals surface area contributed by atoms with Gasteiger partial charge in [-0.2, -0.15) is 5.10 Å². The van der Waals surface area contributed by atoms with Crippen molar-refractivity contribution < 1.29 is 18.9 Å². The highest BCUT2D eigenvalue weighted by atomic mass is 35.5. The standard InChI is InChI=1S/C25H23ClN2O4/c1-29-22-12-16(13-23(30-2)24(22)31-3)25-28-20(18-6-4-5-7-21(18)32-25)14-19(27-28)15-8-10-17(26)11-9-15/h4-13,20,25H,14H2,1-3H3. The van der Waals surface area contributed by atoms with E-state index in [0.717, 1.165) is 34.6 Å². The molecule has 0 saturated heterocycles. The third kappa shape index (κ3) is 3.41. The maximum Gasteiger partial charge on any atom is 0.214 e. The summed E-state index contributed by atoms with van der Waals surface area (Å²) in [5.41, 5.74) is 4.01. The maximum absolute atomic E-state index is 6.45. The molecule has 3 aromatic rings. The maximum atomic E-state index is 6.45. The van der Waals surface area contributed by atoms with Gasteiger partial charge in [0.1, 0.15) is 5.75 Å². The first kappa shape index (κ1) is 20.5. The Bertz CT molecular complexity index is 1150. The molecule has 32 heavy (non-hydrogen) atoms. The number of nitrogens with zero attached hydrogens (tertiary/aromatic N) is 2. The Morgan fingerprint density at radius 3 is 2.28 bits per heavy atom. The molecule has 164 valence electrons. The highest BCUT2D eigenvalue weighted by Gasteiger charge is 2.41. The normalized spacial score (nSPS) is 18.9.